The van der Waals surface area contributed by atoms with Crippen LogP contribution < -0.4 is 24.0 Å². The number of unbranched alkanes of at least 4 members (excludes halogenated alkanes) is 1. The van der Waals surface area contributed by atoms with Gasteiger partial charge in [0.15, 0.2) is 23.0 Å². The summed E-state index contributed by atoms with van der Waals surface area (Å²) in [5.74, 6) is 2.83. The summed E-state index contributed by atoms with van der Waals surface area (Å²) < 4.78 is 21.9. The van der Waals surface area contributed by atoms with Crippen LogP contribution in [-0.2, 0) is 6.42 Å². The third kappa shape index (κ3) is 6.08. The van der Waals surface area contributed by atoms with Crippen LogP contribution >= 0.6 is 0 Å². The highest BCUT2D eigenvalue weighted by Gasteiger charge is 2.29. The normalized spacial score (nSPS) is 15.1. The predicted molar refractivity (Wildman–Crippen MR) is 150 cm³/mol. The fraction of sp³-hybridized carbons (Fsp3) is 0.323. The Hall–Kier alpha value is -3.93. The van der Waals surface area contributed by atoms with Crippen molar-refractivity contribution >= 4 is 17.5 Å². The van der Waals surface area contributed by atoms with Crippen molar-refractivity contribution in [1.29, 1.82) is 0 Å². The quantitative estimate of drug-likeness (QED) is 0.281. The van der Waals surface area contributed by atoms with Crippen molar-refractivity contribution in [2.45, 2.75) is 38.6 Å². The van der Waals surface area contributed by atoms with Crippen molar-refractivity contribution in [1.82, 2.24) is 0 Å². The molecule has 0 aliphatic carbocycles. The molecule has 6 nitrogen and oxygen atoms in total. The van der Waals surface area contributed by atoms with Crippen molar-refractivity contribution in [2.24, 2.45) is 5.10 Å². The van der Waals surface area contributed by atoms with Gasteiger partial charge >= 0.3 is 0 Å². The molecule has 1 aliphatic heterocycles. The van der Waals surface area contributed by atoms with E-state index in [0.29, 0.717) is 23.0 Å². The van der Waals surface area contributed by atoms with Crippen LogP contribution in [0.15, 0.2) is 71.8 Å². The minimum absolute atomic E-state index is 0.0337. The second-order valence-electron chi connectivity index (χ2n) is 8.99. The molecule has 0 N–H and O–H groups in total. The number of rotatable bonds is 11. The van der Waals surface area contributed by atoms with Gasteiger partial charge in [0.1, 0.15) is 0 Å². The SMILES string of the molecule is CCCCc1ccc(N2N=C(C=Cc3ccc(OC)c(OC)c3)CC2c2ccc(OC)c(OC)c2)cc1. The van der Waals surface area contributed by atoms with Crippen molar-refractivity contribution in [2.75, 3.05) is 33.4 Å². The highest BCUT2D eigenvalue weighted by Crippen LogP contribution is 2.39. The lowest BCUT2D eigenvalue weighted by atomic mass is 10.00. The van der Waals surface area contributed by atoms with Crippen LogP contribution in [0.5, 0.6) is 23.0 Å². The lowest BCUT2D eigenvalue weighted by Gasteiger charge is -2.25. The Morgan fingerprint density at radius 2 is 1.43 bits per heavy atom. The Morgan fingerprint density at radius 3 is 2.08 bits per heavy atom. The smallest absolute Gasteiger partial charge is 0.161 e. The summed E-state index contributed by atoms with van der Waals surface area (Å²) in [6, 6.07) is 20.8. The molecule has 1 aliphatic rings. The number of ether oxygens (including phenoxy) is 4. The van der Waals surface area contributed by atoms with Gasteiger partial charge in [0.25, 0.3) is 0 Å². The monoisotopic (exact) mass is 500 g/mol. The van der Waals surface area contributed by atoms with Gasteiger partial charge in [-0.25, -0.2) is 0 Å². The van der Waals surface area contributed by atoms with Gasteiger partial charge in [-0.2, -0.15) is 5.10 Å². The lowest BCUT2D eigenvalue weighted by molar-refractivity contribution is 0.354. The van der Waals surface area contributed by atoms with Crippen molar-refractivity contribution in [3.8, 4) is 23.0 Å². The number of hydrogen-bond donors (Lipinski definition) is 0. The molecule has 0 bridgehead atoms. The average Bonchev–Trinajstić information content (AvgIpc) is 3.38. The number of benzene rings is 3. The van der Waals surface area contributed by atoms with E-state index in [1.165, 1.54) is 18.4 Å². The van der Waals surface area contributed by atoms with Crippen molar-refractivity contribution < 1.29 is 18.9 Å². The molecule has 4 rings (SSSR count). The standard InChI is InChI=1S/C31H36N2O4/c1-6-7-8-22-10-15-26(16-11-22)33-27(24-13-18-29(35-3)31(20-24)37-5)21-25(32-33)14-9-23-12-17-28(34-2)30(19-23)36-4/h9-20,27H,6-8,21H2,1-5H3. The van der Waals surface area contributed by atoms with E-state index in [2.05, 4.69) is 54.4 Å². The van der Waals surface area contributed by atoms with Crippen molar-refractivity contribution in [3.63, 3.8) is 0 Å². The Labute approximate surface area is 220 Å². The van der Waals surface area contributed by atoms with Crippen LogP contribution in [0, 0.1) is 0 Å². The van der Waals surface area contributed by atoms with Gasteiger partial charge in [0, 0.05) is 6.42 Å². The van der Waals surface area contributed by atoms with Gasteiger partial charge in [-0.15, -0.1) is 0 Å². The van der Waals surface area contributed by atoms with Gasteiger partial charge in [-0.3, -0.25) is 5.01 Å². The minimum atomic E-state index is 0.0337. The zero-order valence-electron chi connectivity index (χ0n) is 22.4. The highest BCUT2D eigenvalue weighted by atomic mass is 16.5. The third-order valence-corrected chi connectivity index (χ3v) is 6.62. The van der Waals surface area contributed by atoms with E-state index in [4.69, 9.17) is 24.0 Å². The summed E-state index contributed by atoms with van der Waals surface area (Å²) in [6.07, 6.45) is 8.37. The molecule has 0 aromatic heterocycles. The fourth-order valence-electron chi connectivity index (χ4n) is 4.54. The van der Waals surface area contributed by atoms with Gasteiger partial charge < -0.3 is 18.9 Å². The maximum Gasteiger partial charge on any atom is 0.161 e. The largest absolute Gasteiger partial charge is 0.493 e. The minimum Gasteiger partial charge on any atom is -0.493 e. The Bertz CT molecular complexity index is 1250. The predicted octanol–water partition coefficient (Wildman–Crippen LogP) is 7.08. The molecule has 1 heterocycles. The van der Waals surface area contributed by atoms with Crippen LogP contribution in [-0.4, -0.2) is 34.2 Å². The number of nitrogens with zero attached hydrogens (tertiary/aromatic N) is 2. The van der Waals surface area contributed by atoms with Gasteiger partial charge in [-0.1, -0.05) is 43.7 Å². The van der Waals surface area contributed by atoms with Gasteiger partial charge in [0.05, 0.1) is 45.9 Å². The number of aryl methyl sites for hydroxylation is 1. The second-order valence-corrected chi connectivity index (χ2v) is 8.99. The summed E-state index contributed by atoms with van der Waals surface area (Å²) >= 11 is 0. The number of hydrogen-bond acceptors (Lipinski definition) is 6. The molecule has 37 heavy (non-hydrogen) atoms. The molecule has 1 unspecified atom stereocenters. The lowest BCUT2D eigenvalue weighted by Crippen LogP contribution is -2.18. The topological polar surface area (TPSA) is 52.5 Å². The van der Waals surface area contributed by atoms with E-state index < -0.39 is 0 Å². The average molecular weight is 501 g/mol. The van der Waals surface area contributed by atoms with Crippen molar-refractivity contribution in [3.05, 3.63) is 83.4 Å². The van der Waals surface area contributed by atoms with Crippen LogP contribution in [0.25, 0.3) is 6.08 Å². The third-order valence-electron chi connectivity index (χ3n) is 6.62. The molecule has 3 aromatic carbocycles. The Kier molecular flexibility index (Phi) is 8.72. The molecular weight excluding hydrogens is 464 g/mol. The summed E-state index contributed by atoms with van der Waals surface area (Å²) in [5.41, 5.74) is 5.54. The molecule has 0 fully saturated rings. The van der Waals surface area contributed by atoms with E-state index in [9.17, 15) is 0 Å². The van der Waals surface area contributed by atoms with E-state index in [0.717, 1.165) is 35.4 Å². The first kappa shape index (κ1) is 26.1. The molecule has 0 saturated heterocycles. The maximum absolute atomic E-state index is 5.59. The molecule has 3 aromatic rings. The highest BCUT2D eigenvalue weighted by molar-refractivity contribution is 6.01. The molecule has 0 amide bonds. The zero-order valence-corrected chi connectivity index (χ0v) is 22.4. The zero-order chi connectivity index (χ0) is 26.2. The van der Waals surface area contributed by atoms with Crippen LogP contribution in [0.4, 0.5) is 5.69 Å². The summed E-state index contributed by atoms with van der Waals surface area (Å²) in [4.78, 5) is 0. The first-order valence-electron chi connectivity index (χ1n) is 12.7. The van der Waals surface area contributed by atoms with Crippen LogP contribution in [0.2, 0.25) is 0 Å². The second kappa shape index (κ2) is 12.3. The Morgan fingerprint density at radius 1 is 0.784 bits per heavy atom. The number of methoxy groups -OCH3 is 4. The summed E-state index contributed by atoms with van der Waals surface area (Å²) in [5, 5.41) is 7.14. The molecule has 0 spiro atoms. The van der Waals surface area contributed by atoms with E-state index in [1.54, 1.807) is 28.4 Å². The molecule has 6 heteroatoms. The van der Waals surface area contributed by atoms with E-state index in [1.807, 2.05) is 30.3 Å². The van der Waals surface area contributed by atoms with Crippen LogP contribution in [0.1, 0.15) is 48.9 Å². The number of allylic oxidation sites excluding steroid dienone is 1. The number of hydrazone groups is 1. The van der Waals surface area contributed by atoms with Gasteiger partial charge in [-0.05, 0) is 72.0 Å². The first-order valence-corrected chi connectivity index (χ1v) is 12.7. The van der Waals surface area contributed by atoms with E-state index >= 15 is 0 Å². The Balaban J connectivity index is 1.65. The number of anilines is 1. The summed E-state index contributed by atoms with van der Waals surface area (Å²) in [6.45, 7) is 2.22. The van der Waals surface area contributed by atoms with Gasteiger partial charge in [0.2, 0.25) is 0 Å². The maximum atomic E-state index is 5.59. The molecule has 0 radical (unpaired) electrons. The first-order chi connectivity index (χ1) is 18.1. The molecule has 194 valence electrons. The summed E-state index contributed by atoms with van der Waals surface area (Å²) in [7, 11) is 6.60. The fourth-order valence-corrected chi connectivity index (χ4v) is 4.54. The molecule has 0 saturated carbocycles. The molecular formula is C31H36N2O4. The van der Waals surface area contributed by atoms with E-state index in [-0.39, 0.29) is 6.04 Å². The van der Waals surface area contributed by atoms with Crippen LogP contribution in [0.3, 0.4) is 0 Å². The molecule has 1 atom stereocenters.